The first-order valence-electron chi connectivity index (χ1n) is 10.4. The summed E-state index contributed by atoms with van der Waals surface area (Å²) in [5, 5.41) is 0. The first kappa shape index (κ1) is 22.5. The van der Waals surface area contributed by atoms with Gasteiger partial charge in [0.1, 0.15) is 6.10 Å². The lowest BCUT2D eigenvalue weighted by Gasteiger charge is -2.28. The fourth-order valence-electron chi connectivity index (χ4n) is 3.75. The molecular weight excluding hydrogens is 364 g/mol. The number of unbranched alkanes of at least 4 members (excludes halogenated alkanes) is 1. The molecule has 0 spiro atoms. The van der Waals surface area contributed by atoms with Crippen molar-refractivity contribution in [1.82, 2.24) is 0 Å². The van der Waals surface area contributed by atoms with E-state index in [0.717, 1.165) is 29.9 Å². The monoisotopic (exact) mass is 396 g/mol. The van der Waals surface area contributed by atoms with Gasteiger partial charge in [-0.05, 0) is 48.4 Å². The van der Waals surface area contributed by atoms with E-state index in [9.17, 15) is 9.59 Å². The normalized spacial score (nSPS) is 18.2. The summed E-state index contributed by atoms with van der Waals surface area (Å²) in [7, 11) is 0. The first-order chi connectivity index (χ1) is 14.0. The molecule has 2 aromatic carbocycles. The lowest BCUT2D eigenvalue weighted by molar-refractivity contribution is 0.0640. The summed E-state index contributed by atoms with van der Waals surface area (Å²) in [6.45, 7) is 2.21. The molecule has 0 radical (unpaired) electrons. The van der Waals surface area contributed by atoms with E-state index < -0.39 is 12.0 Å². The Hall–Kier alpha value is -2.82. The van der Waals surface area contributed by atoms with Crippen molar-refractivity contribution in [2.45, 2.75) is 58.0 Å². The van der Waals surface area contributed by atoms with Crippen LogP contribution in [-0.2, 0) is 4.74 Å². The van der Waals surface area contributed by atoms with Gasteiger partial charge < -0.3 is 16.2 Å². The molecule has 0 aromatic heterocycles. The summed E-state index contributed by atoms with van der Waals surface area (Å²) in [5.74, 6) is 0.348. The maximum absolute atomic E-state index is 11.0. The highest BCUT2D eigenvalue weighted by Gasteiger charge is 2.23. The molecule has 1 aliphatic carbocycles. The molecule has 2 aromatic rings. The van der Waals surface area contributed by atoms with E-state index in [4.69, 9.17) is 16.2 Å². The van der Waals surface area contributed by atoms with Crippen LogP contribution < -0.4 is 11.5 Å². The molecule has 0 bridgehead atoms. The topological polar surface area (TPSA) is 95.4 Å². The molecule has 0 saturated heterocycles. The Kier molecular flexibility index (Phi) is 9.22. The number of carbonyl (C=O) groups is 2. The van der Waals surface area contributed by atoms with Crippen LogP contribution in [0.2, 0.25) is 0 Å². The maximum atomic E-state index is 11.0. The molecule has 1 fully saturated rings. The lowest BCUT2D eigenvalue weighted by atomic mass is 9.84. The molecule has 2 atom stereocenters. The number of amides is 2. The Morgan fingerprint density at radius 1 is 1.00 bits per heavy atom. The molecule has 5 nitrogen and oxygen atoms in total. The number of nitrogens with two attached hydrogens (primary N) is 2. The number of carbonyl (C=O) groups excluding carboxylic acids is 2. The van der Waals surface area contributed by atoms with Gasteiger partial charge in [0, 0.05) is 5.56 Å². The summed E-state index contributed by atoms with van der Waals surface area (Å²) in [6, 6.07) is 17.2. The maximum Gasteiger partial charge on any atom is 0.404 e. The van der Waals surface area contributed by atoms with Crippen molar-refractivity contribution in [2.24, 2.45) is 17.4 Å². The van der Waals surface area contributed by atoms with Crippen molar-refractivity contribution < 1.29 is 14.3 Å². The number of primary amides is 2. The van der Waals surface area contributed by atoms with Crippen molar-refractivity contribution in [3.05, 3.63) is 60.2 Å². The van der Waals surface area contributed by atoms with Crippen LogP contribution in [0.5, 0.6) is 0 Å². The minimum absolute atomic E-state index is 0.0862. The fraction of sp³-hybridized carbons (Fsp3) is 0.417. The molecule has 2 unspecified atom stereocenters. The van der Waals surface area contributed by atoms with Crippen molar-refractivity contribution >= 4 is 12.0 Å². The molecule has 156 valence electrons. The second-order valence-corrected chi connectivity index (χ2v) is 7.54. The van der Waals surface area contributed by atoms with Crippen molar-refractivity contribution in [3.8, 4) is 11.1 Å². The van der Waals surface area contributed by atoms with Gasteiger partial charge in [-0.25, -0.2) is 4.79 Å². The predicted molar refractivity (Wildman–Crippen MR) is 116 cm³/mol. The SMILES string of the molecule is CCCCC1CCCC(OC(N)=O)C1.NC(=O)c1cccc(-c2ccccc2)c1. The molecule has 5 heteroatoms. The van der Waals surface area contributed by atoms with E-state index >= 15 is 0 Å². The standard InChI is InChI=1S/C13H11NO.C11H21NO2/c14-13(15)12-8-4-7-11(9-12)10-5-2-1-3-6-10;1-2-3-5-9-6-4-7-10(8-9)14-11(12)13/h1-9H,(H2,14,15);9-10H,2-8H2,1H3,(H2,12,13). The number of rotatable bonds is 6. The third kappa shape index (κ3) is 7.98. The molecule has 1 saturated carbocycles. The first-order valence-corrected chi connectivity index (χ1v) is 10.4. The Balaban J connectivity index is 0.000000208. The van der Waals surface area contributed by atoms with Crippen LogP contribution in [0.25, 0.3) is 11.1 Å². The van der Waals surface area contributed by atoms with E-state index in [1.807, 2.05) is 42.5 Å². The highest BCUT2D eigenvalue weighted by atomic mass is 16.6. The quantitative estimate of drug-likeness (QED) is 0.695. The van der Waals surface area contributed by atoms with Crippen LogP contribution in [0.4, 0.5) is 4.79 Å². The van der Waals surface area contributed by atoms with E-state index in [1.165, 1.54) is 32.1 Å². The van der Waals surface area contributed by atoms with Gasteiger partial charge in [0.25, 0.3) is 0 Å². The average molecular weight is 397 g/mol. The Bertz CT molecular complexity index is 777. The van der Waals surface area contributed by atoms with Crippen LogP contribution in [0, 0.1) is 5.92 Å². The Morgan fingerprint density at radius 2 is 1.72 bits per heavy atom. The molecule has 3 rings (SSSR count). The van der Waals surface area contributed by atoms with Gasteiger partial charge in [0.2, 0.25) is 5.91 Å². The Labute approximate surface area is 173 Å². The summed E-state index contributed by atoms with van der Waals surface area (Å²) in [4.78, 5) is 21.6. The van der Waals surface area contributed by atoms with Crippen LogP contribution >= 0.6 is 0 Å². The Morgan fingerprint density at radius 3 is 2.38 bits per heavy atom. The number of hydrogen-bond acceptors (Lipinski definition) is 3. The highest BCUT2D eigenvalue weighted by molar-refractivity contribution is 5.94. The van der Waals surface area contributed by atoms with Gasteiger partial charge in [-0.3, -0.25) is 4.79 Å². The van der Waals surface area contributed by atoms with Crippen LogP contribution in [-0.4, -0.2) is 18.1 Å². The van der Waals surface area contributed by atoms with Crippen LogP contribution in [0.1, 0.15) is 62.2 Å². The third-order valence-electron chi connectivity index (χ3n) is 5.24. The third-order valence-corrected chi connectivity index (χ3v) is 5.24. The van der Waals surface area contributed by atoms with Crippen molar-refractivity contribution in [3.63, 3.8) is 0 Å². The van der Waals surface area contributed by atoms with E-state index in [0.29, 0.717) is 5.56 Å². The van der Waals surface area contributed by atoms with E-state index in [-0.39, 0.29) is 6.10 Å². The molecule has 2 amide bonds. The highest BCUT2D eigenvalue weighted by Crippen LogP contribution is 2.29. The average Bonchev–Trinajstić information content (AvgIpc) is 2.73. The largest absolute Gasteiger partial charge is 0.446 e. The van der Waals surface area contributed by atoms with Gasteiger partial charge in [-0.2, -0.15) is 0 Å². The zero-order valence-corrected chi connectivity index (χ0v) is 17.2. The molecule has 4 N–H and O–H groups in total. The van der Waals surface area contributed by atoms with E-state index in [1.54, 1.807) is 12.1 Å². The summed E-state index contributed by atoms with van der Waals surface area (Å²) >= 11 is 0. The molecular formula is C24H32N2O3. The summed E-state index contributed by atoms with van der Waals surface area (Å²) in [5.41, 5.74) is 12.9. The second-order valence-electron chi connectivity index (χ2n) is 7.54. The minimum atomic E-state index is -0.619. The summed E-state index contributed by atoms with van der Waals surface area (Å²) < 4.78 is 5.04. The van der Waals surface area contributed by atoms with Crippen molar-refractivity contribution in [2.75, 3.05) is 0 Å². The smallest absolute Gasteiger partial charge is 0.404 e. The van der Waals surface area contributed by atoms with Gasteiger partial charge in [0.15, 0.2) is 0 Å². The minimum Gasteiger partial charge on any atom is -0.446 e. The van der Waals surface area contributed by atoms with Crippen LogP contribution in [0.15, 0.2) is 54.6 Å². The van der Waals surface area contributed by atoms with E-state index in [2.05, 4.69) is 6.92 Å². The van der Waals surface area contributed by atoms with Gasteiger partial charge in [0.05, 0.1) is 0 Å². The number of benzene rings is 2. The van der Waals surface area contributed by atoms with Crippen LogP contribution in [0.3, 0.4) is 0 Å². The predicted octanol–water partition coefficient (Wildman–Crippen LogP) is 5.28. The van der Waals surface area contributed by atoms with Gasteiger partial charge >= 0.3 is 6.09 Å². The molecule has 1 aliphatic rings. The fourth-order valence-corrected chi connectivity index (χ4v) is 3.75. The summed E-state index contributed by atoms with van der Waals surface area (Å²) in [6.07, 6.45) is 7.75. The second kappa shape index (κ2) is 11.9. The van der Waals surface area contributed by atoms with Gasteiger partial charge in [-0.15, -0.1) is 0 Å². The van der Waals surface area contributed by atoms with Gasteiger partial charge in [-0.1, -0.05) is 75.1 Å². The number of ether oxygens (including phenoxy) is 1. The number of hydrogen-bond donors (Lipinski definition) is 2. The molecule has 0 aliphatic heterocycles. The lowest BCUT2D eigenvalue weighted by Crippen LogP contribution is -2.28. The zero-order chi connectivity index (χ0) is 21.1. The molecule has 0 heterocycles. The van der Waals surface area contributed by atoms with Crippen molar-refractivity contribution in [1.29, 1.82) is 0 Å². The zero-order valence-electron chi connectivity index (χ0n) is 17.2. The molecule has 29 heavy (non-hydrogen) atoms.